The van der Waals surface area contributed by atoms with Crippen molar-refractivity contribution < 1.29 is 13.5 Å². The summed E-state index contributed by atoms with van der Waals surface area (Å²) in [4.78, 5) is 2.87. The van der Waals surface area contributed by atoms with E-state index in [2.05, 4.69) is 23.6 Å². The van der Waals surface area contributed by atoms with E-state index >= 15 is 0 Å². The summed E-state index contributed by atoms with van der Waals surface area (Å²) in [5.74, 6) is 0.706. The molecule has 3 N–H and O–H groups in total. The Kier molecular flexibility index (Phi) is 4.73. The molecule has 0 aliphatic heterocycles. The average Bonchev–Trinajstić information content (AvgIpc) is 2.75. The highest BCUT2D eigenvalue weighted by atomic mass is 32.2. The summed E-state index contributed by atoms with van der Waals surface area (Å²) in [6, 6.07) is 1.43. The van der Waals surface area contributed by atoms with E-state index in [0.717, 1.165) is 0 Å². The summed E-state index contributed by atoms with van der Waals surface area (Å²) in [5, 5.41) is 8.86. The summed E-state index contributed by atoms with van der Waals surface area (Å²) >= 11 is 0. The molecule has 0 aromatic carbocycles. The first-order chi connectivity index (χ1) is 7.86. The molecule has 0 spiro atoms. The molecule has 0 radical (unpaired) electrons. The minimum atomic E-state index is -3.47. The van der Waals surface area contributed by atoms with Crippen LogP contribution in [0.3, 0.4) is 0 Å². The number of hydrogen-bond donors (Lipinski definition) is 3. The van der Waals surface area contributed by atoms with Crippen LogP contribution in [0.2, 0.25) is 0 Å². The third-order valence-corrected chi connectivity index (χ3v) is 4.33. The van der Waals surface area contributed by atoms with E-state index < -0.39 is 10.0 Å². The van der Waals surface area contributed by atoms with Crippen molar-refractivity contribution in [2.75, 3.05) is 6.54 Å². The van der Waals surface area contributed by atoms with Crippen LogP contribution in [0.1, 0.15) is 26.5 Å². The third-order valence-electron chi connectivity index (χ3n) is 2.93. The van der Waals surface area contributed by atoms with E-state index in [4.69, 9.17) is 5.11 Å². The summed E-state index contributed by atoms with van der Waals surface area (Å²) in [5.41, 5.74) is 0.488. The van der Waals surface area contributed by atoms with Gasteiger partial charge in [0.05, 0.1) is 11.5 Å². The van der Waals surface area contributed by atoms with Gasteiger partial charge in [0.25, 0.3) is 0 Å². The fourth-order valence-corrected chi connectivity index (χ4v) is 2.39. The van der Waals surface area contributed by atoms with Gasteiger partial charge in [0.1, 0.15) is 0 Å². The highest BCUT2D eigenvalue weighted by molar-refractivity contribution is 7.89. The molecule has 0 aliphatic carbocycles. The van der Waals surface area contributed by atoms with E-state index in [-0.39, 0.29) is 17.4 Å². The number of H-pyrrole nitrogens is 1. The molecule has 1 aromatic rings. The number of nitrogens with one attached hydrogen (secondary N) is 2. The first-order valence-corrected chi connectivity index (χ1v) is 7.13. The Morgan fingerprint density at radius 1 is 1.41 bits per heavy atom. The Morgan fingerprint density at radius 3 is 2.53 bits per heavy atom. The zero-order chi connectivity index (χ0) is 13.1. The maximum Gasteiger partial charge on any atom is 0.242 e. The molecule has 0 saturated carbocycles. The van der Waals surface area contributed by atoms with Crippen molar-refractivity contribution in [3.05, 3.63) is 18.0 Å². The Morgan fingerprint density at radius 2 is 2.06 bits per heavy atom. The van der Waals surface area contributed by atoms with Gasteiger partial charge in [-0.05, 0) is 17.9 Å². The van der Waals surface area contributed by atoms with E-state index in [9.17, 15) is 8.42 Å². The normalized spacial score (nSPS) is 14.2. The van der Waals surface area contributed by atoms with Crippen molar-refractivity contribution >= 4 is 10.0 Å². The quantitative estimate of drug-likeness (QED) is 0.715. The zero-order valence-corrected chi connectivity index (χ0v) is 11.2. The van der Waals surface area contributed by atoms with Crippen LogP contribution in [-0.2, 0) is 16.6 Å². The number of aliphatic hydroxyl groups is 1. The third kappa shape index (κ3) is 3.83. The fraction of sp³-hybridized carbons (Fsp3) is 0.636. The fourth-order valence-electron chi connectivity index (χ4n) is 1.23. The van der Waals surface area contributed by atoms with Gasteiger partial charge in [-0.15, -0.1) is 0 Å². The molecule has 1 rings (SSSR count). The zero-order valence-electron chi connectivity index (χ0n) is 10.4. The number of rotatable bonds is 6. The smallest absolute Gasteiger partial charge is 0.242 e. The Hall–Kier alpha value is -0.850. The van der Waals surface area contributed by atoms with Gasteiger partial charge in [0.15, 0.2) is 0 Å². The molecule has 17 heavy (non-hydrogen) atoms. The standard InChI is InChI=1S/C11H20N2O3S/c1-8(2)9(3)5-13-17(15,16)11-4-10(7-14)12-6-11/h4,6,8-9,12-14H,5,7H2,1-3H3. The average molecular weight is 260 g/mol. The lowest BCUT2D eigenvalue weighted by atomic mass is 9.99. The van der Waals surface area contributed by atoms with Gasteiger partial charge in [-0.25, -0.2) is 13.1 Å². The number of aromatic amines is 1. The first kappa shape index (κ1) is 14.2. The van der Waals surface area contributed by atoms with Gasteiger partial charge in [0.2, 0.25) is 10.0 Å². The highest BCUT2D eigenvalue weighted by Gasteiger charge is 2.17. The Labute approximate surface area is 102 Å². The SMILES string of the molecule is CC(C)C(C)CNS(=O)(=O)c1c[nH]c(CO)c1. The lowest BCUT2D eigenvalue weighted by Gasteiger charge is -2.15. The van der Waals surface area contributed by atoms with E-state index in [0.29, 0.717) is 18.2 Å². The summed E-state index contributed by atoms with van der Waals surface area (Å²) in [7, 11) is -3.47. The summed E-state index contributed by atoms with van der Waals surface area (Å²) in [6.07, 6.45) is 1.38. The van der Waals surface area contributed by atoms with E-state index in [1.54, 1.807) is 0 Å². The van der Waals surface area contributed by atoms with Gasteiger partial charge >= 0.3 is 0 Å². The summed E-state index contributed by atoms with van der Waals surface area (Å²) < 4.78 is 26.3. The highest BCUT2D eigenvalue weighted by Crippen LogP contribution is 2.13. The van der Waals surface area contributed by atoms with Crippen LogP contribution in [-0.4, -0.2) is 25.1 Å². The van der Waals surface area contributed by atoms with Crippen molar-refractivity contribution in [2.24, 2.45) is 11.8 Å². The van der Waals surface area contributed by atoms with Crippen molar-refractivity contribution in [1.82, 2.24) is 9.71 Å². The van der Waals surface area contributed by atoms with Crippen molar-refractivity contribution in [3.63, 3.8) is 0 Å². The molecule has 6 heteroatoms. The van der Waals surface area contributed by atoms with Crippen LogP contribution in [0.5, 0.6) is 0 Å². The molecule has 0 fully saturated rings. The molecule has 0 bridgehead atoms. The molecule has 98 valence electrons. The molecule has 0 aliphatic rings. The Balaban J connectivity index is 2.69. The lowest BCUT2D eigenvalue weighted by molar-refractivity contribution is 0.277. The van der Waals surface area contributed by atoms with Crippen molar-refractivity contribution in [3.8, 4) is 0 Å². The number of sulfonamides is 1. The van der Waals surface area contributed by atoms with Crippen LogP contribution in [0, 0.1) is 11.8 Å². The molecule has 1 aromatic heterocycles. The first-order valence-electron chi connectivity index (χ1n) is 5.64. The predicted molar refractivity (Wildman–Crippen MR) is 65.9 cm³/mol. The maximum atomic E-state index is 11.9. The number of aliphatic hydroxyl groups excluding tert-OH is 1. The van der Waals surface area contributed by atoms with Gasteiger partial charge < -0.3 is 10.1 Å². The molecular weight excluding hydrogens is 240 g/mol. The summed E-state index contributed by atoms with van der Waals surface area (Å²) in [6.45, 7) is 6.33. The van der Waals surface area contributed by atoms with Crippen LogP contribution in [0.25, 0.3) is 0 Å². The second-order valence-electron chi connectivity index (χ2n) is 4.59. The van der Waals surface area contributed by atoms with Crippen LogP contribution in [0.15, 0.2) is 17.2 Å². The van der Waals surface area contributed by atoms with E-state index in [1.807, 2.05) is 6.92 Å². The van der Waals surface area contributed by atoms with Crippen molar-refractivity contribution in [1.29, 1.82) is 0 Å². The van der Waals surface area contributed by atoms with Crippen LogP contribution < -0.4 is 4.72 Å². The topological polar surface area (TPSA) is 82.2 Å². The van der Waals surface area contributed by atoms with Crippen LogP contribution >= 0.6 is 0 Å². The van der Waals surface area contributed by atoms with E-state index in [1.165, 1.54) is 12.3 Å². The van der Waals surface area contributed by atoms with Gasteiger partial charge in [-0.3, -0.25) is 0 Å². The minimum absolute atomic E-state index is 0.164. The van der Waals surface area contributed by atoms with Gasteiger partial charge in [-0.2, -0.15) is 0 Å². The van der Waals surface area contributed by atoms with Crippen LogP contribution in [0.4, 0.5) is 0 Å². The monoisotopic (exact) mass is 260 g/mol. The lowest BCUT2D eigenvalue weighted by Crippen LogP contribution is -2.30. The number of hydrogen-bond acceptors (Lipinski definition) is 3. The molecule has 1 heterocycles. The molecule has 1 unspecified atom stereocenters. The Bertz CT molecular complexity index is 451. The molecule has 0 amide bonds. The minimum Gasteiger partial charge on any atom is -0.390 e. The molecule has 0 saturated heterocycles. The van der Waals surface area contributed by atoms with Crippen molar-refractivity contribution in [2.45, 2.75) is 32.3 Å². The van der Waals surface area contributed by atoms with Gasteiger partial charge in [0, 0.05) is 18.4 Å². The molecule has 1 atom stereocenters. The second kappa shape index (κ2) is 5.66. The predicted octanol–water partition coefficient (Wildman–Crippen LogP) is 1.08. The van der Waals surface area contributed by atoms with Gasteiger partial charge in [-0.1, -0.05) is 20.8 Å². The molecular formula is C11H20N2O3S. The molecule has 5 nitrogen and oxygen atoms in total. The number of aromatic nitrogens is 1. The largest absolute Gasteiger partial charge is 0.390 e. The maximum absolute atomic E-state index is 11.9. The second-order valence-corrected chi connectivity index (χ2v) is 6.36.